The first kappa shape index (κ1) is 8.07. The van der Waals surface area contributed by atoms with Gasteiger partial charge in [-0.2, -0.15) is 0 Å². The van der Waals surface area contributed by atoms with Crippen molar-refractivity contribution >= 4 is 16.6 Å². The van der Waals surface area contributed by atoms with Crippen LogP contribution in [0.25, 0.3) is 0 Å². The first-order chi connectivity index (χ1) is 5.25. The van der Waals surface area contributed by atoms with Crippen molar-refractivity contribution in [1.82, 2.24) is 0 Å². The standard InChI is InChI=1S/C7H3F2OS/c8-6-3-1-2-5(4-11-10)7(6)9/h1-3H. The highest BCUT2D eigenvalue weighted by Crippen LogP contribution is 2.08. The van der Waals surface area contributed by atoms with E-state index in [0.29, 0.717) is 0 Å². The van der Waals surface area contributed by atoms with Crippen molar-refractivity contribution in [3.63, 3.8) is 0 Å². The second kappa shape index (κ2) is 3.39. The molecule has 0 aromatic heterocycles. The molecule has 1 aromatic rings. The Morgan fingerprint density at radius 1 is 1.36 bits per heavy atom. The zero-order valence-electron chi connectivity index (χ0n) is 5.30. The third kappa shape index (κ3) is 1.71. The van der Waals surface area contributed by atoms with Crippen LogP contribution in [0.3, 0.4) is 0 Å². The molecule has 11 heavy (non-hydrogen) atoms. The Morgan fingerprint density at radius 2 is 2.09 bits per heavy atom. The van der Waals surface area contributed by atoms with Gasteiger partial charge in [0.05, 0.1) is 16.6 Å². The predicted molar refractivity (Wildman–Crippen MR) is 38.6 cm³/mol. The van der Waals surface area contributed by atoms with Gasteiger partial charge in [-0.15, -0.1) is 0 Å². The van der Waals surface area contributed by atoms with Crippen molar-refractivity contribution in [2.45, 2.75) is 0 Å². The molecule has 1 rings (SSSR count). The lowest BCUT2D eigenvalue weighted by Crippen LogP contribution is -1.91. The van der Waals surface area contributed by atoms with Gasteiger partial charge >= 0.3 is 0 Å². The normalized spacial score (nSPS) is 9.27. The molecule has 0 fully saturated rings. The van der Waals surface area contributed by atoms with Gasteiger partial charge in [-0.25, -0.2) is 13.0 Å². The molecule has 1 aromatic carbocycles. The number of hydrogen-bond acceptors (Lipinski definition) is 1. The van der Waals surface area contributed by atoms with Gasteiger partial charge in [-0.05, 0) is 6.07 Å². The zero-order chi connectivity index (χ0) is 8.27. The number of hydrogen-bond donors (Lipinski definition) is 0. The van der Waals surface area contributed by atoms with Crippen LogP contribution in [-0.4, -0.2) is 9.58 Å². The Bertz CT molecular complexity index is 318. The van der Waals surface area contributed by atoms with E-state index in [0.717, 1.165) is 6.07 Å². The Hall–Kier alpha value is -1.03. The van der Waals surface area contributed by atoms with E-state index in [-0.39, 0.29) is 16.8 Å². The maximum Gasteiger partial charge on any atom is 0.167 e. The second-order valence-corrected chi connectivity index (χ2v) is 2.16. The molecule has 57 valence electrons. The third-order valence-corrected chi connectivity index (χ3v) is 1.41. The molecule has 0 heterocycles. The lowest BCUT2D eigenvalue weighted by molar-refractivity contribution is 0.507. The van der Waals surface area contributed by atoms with Crippen molar-refractivity contribution in [1.29, 1.82) is 0 Å². The fraction of sp³-hybridized carbons (Fsp3) is 0. The zero-order valence-corrected chi connectivity index (χ0v) is 6.12. The van der Waals surface area contributed by atoms with Crippen molar-refractivity contribution < 1.29 is 13.0 Å². The fourth-order valence-corrected chi connectivity index (χ4v) is 0.875. The van der Waals surface area contributed by atoms with E-state index in [1.54, 1.807) is 0 Å². The fourth-order valence-electron chi connectivity index (χ4n) is 0.628. The quantitative estimate of drug-likeness (QED) is 0.583. The van der Waals surface area contributed by atoms with Gasteiger partial charge in [0.25, 0.3) is 0 Å². The van der Waals surface area contributed by atoms with E-state index in [1.807, 2.05) is 0 Å². The van der Waals surface area contributed by atoms with E-state index in [9.17, 15) is 13.0 Å². The van der Waals surface area contributed by atoms with Crippen LogP contribution in [0, 0.1) is 11.6 Å². The maximum atomic E-state index is 12.6. The van der Waals surface area contributed by atoms with Crippen LogP contribution in [0.2, 0.25) is 0 Å². The molecule has 0 aliphatic rings. The van der Waals surface area contributed by atoms with Gasteiger partial charge in [-0.3, -0.25) is 0 Å². The first-order valence-corrected chi connectivity index (χ1v) is 3.48. The summed E-state index contributed by atoms with van der Waals surface area (Å²) in [6, 6.07) is 3.58. The van der Waals surface area contributed by atoms with E-state index in [2.05, 4.69) is 5.37 Å². The molecule has 4 heteroatoms. The summed E-state index contributed by atoms with van der Waals surface area (Å²) in [5.74, 6) is -2.00. The van der Waals surface area contributed by atoms with Gasteiger partial charge < -0.3 is 0 Å². The molecule has 1 nitrogen and oxygen atoms in total. The van der Waals surface area contributed by atoms with Crippen LogP contribution in [0.15, 0.2) is 18.2 Å². The van der Waals surface area contributed by atoms with Crippen LogP contribution in [0.1, 0.15) is 5.56 Å². The van der Waals surface area contributed by atoms with Gasteiger partial charge in [0.1, 0.15) is 0 Å². The monoisotopic (exact) mass is 173 g/mol. The van der Waals surface area contributed by atoms with Crippen LogP contribution < -0.4 is 0 Å². The average Bonchev–Trinajstić information content (AvgIpc) is 1.99. The molecule has 0 amide bonds. The molecular weight excluding hydrogens is 170 g/mol. The number of benzene rings is 1. The Balaban J connectivity index is 3.26. The van der Waals surface area contributed by atoms with Gasteiger partial charge in [-0.1, -0.05) is 12.1 Å². The third-order valence-electron chi connectivity index (χ3n) is 1.10. The topological polar surface area (TPSA) is 17.1 Å². The molecule has 0 spiro atoms. The van der Waals surface area contributed by atoms with Crippen molar-refractivity contribution in [2.24, 2.45) is 0 Å². The molecule has 0 bridgehead atoms. The maximum absolute atomic E-state index is 12.6. The van der Waals surface area contributed by atoms with Crippen LogP contribution in [0.4, 0.5) is 8.78 Å². The van der Waals surface area contributed by atoms with Gasteiger partial charge in [0, 0.05) is 5.56 Å². The molecule has 0 saturated carbocycles. The van der Waals surface area contributed by atoms with E-state index >= 15 is 0 Å². The summed E-state index contributed by atoms with van der Waals surface area (Å²) in [7, 11) is 0. The summed E-state index contributed by atoms with van der Waals surface area (Å²) in [6.07, 6.45) is 0. The predicted octanol–water partition coefficient (Wildman–Crippen LogP) is 1.21. The van der Waals surface area contributed by atoms with Gasteiger partial charge in [0.2, 0.25) is 0 Å². The van der Waals surface area contributed by atoms with E-state index < -0.39 is 11.6 Å². The largest absolute Gasteiger partial charge is 0.212 e. The summed E-state index contributed by atoms with van der Waals surface area (Å²) in [4.78, 5) is 0. The molecule has 0 aliphatic heterocycles. The summed E-state index contributed by atoms with van der Waals surface area (Å²) in [6.45, 7) is 0. The Morgan fingerprint density at radius 3 is 2.73 bits per heavy atom. The Kier molecular flexibility index (Phi) is 2.48. The van der Waals surface area contributed by atoms with Crippen LogP contribution in [-0.2, 0) is 11.3 Å². The Labute approximate surface area is 65.7 Å². The number of rotatable bonds is 1. The van der Waals surface area contributed by atoms with E-state index in [4.69, 9.17) is 0 Å². The summed E-state index contributed by atoms with van der Waals surface area (Å²) >= 11 is -0.0291. The highest BCUT2D eigenvalue weighted by molar-refractivity contribution is 7.65. The number of halogens is 2. The molecule has 0 atom stereocenters. The van der Waals surface area contributed by atoms with Crippen molar-refractivity contribution in [3.8, 4) is 0 Å². The summed E-state index contributed by atoms with van der Waals surface area (Å²) < 4.78 is 34.9. The lowest BCUT2D eigenvalue weighted by atomic mass is 10.2. The first-order valence-electron chi connectivity index (χ1n) is 2.74. The minimum atomic E-state index is -1.03. The second-order valence-electron chi connectivity index (χ2n) is 1.79. The highest BCUT2D eigenvalue weighted by Gasteiger charge is 2.04. The van der Waals surface area contributed by atoms with Crippen molar-refractivity contribution in [3.05, 3.63) is 35.4 Å². The summed E-state index contributed by atoms with van der Waals surface area (Å²) in [5, 5.41) is 2.06. The SMILES string of the molecule is O=S=[C]c1cccc(F)c1F. The molecule has 0 unspecified atom stereocenters. The van der Waals surface area contributed by atoms with Crippen LogP contribution >= 0.6 is 0 Å². The molecule has 0 aliphatic carbocycles. The molecule has 0 saturated heterocycles. The lowest BCUT2D eigenvalue weighted by Gasteiger charge is -1.93. The molecule has 0 N–H and O–H groups in total. The van der Waals surface area contributed by atoms with Crippen molar-refractivity contribution in [2.75, 3.05) is 0 Å². The molecule has 1 radical (unpaired) electrons. The summed E-state index contributed by atoms with van der Waals surface area (Å²) in [5.41, 5.74) is -0.134. The smallest absolute Gasteiger partial charge is 0.167 e. The molecular formula is C7H3F2OS. The highest BCUT2D eigenvalue weighted by atomic mass is 32.1. The van der Waals surface area contributed by atoms with Crippen LogP contribution in [0.5, 0.6) is 0 Å². The van der Waals surface area contributed by atoms with E-state index in [1.165, 1.54) is 12.1 Å². The minimum Gasteiger partial charge on any atom is -0.212 e. The average molecular weight is 173 g/mol. The minimum absolute atomic E-state index is 0.0291. The van der Waals surface area contributed by atoms with Gasteiger partial charge in [0.15, 0.2) is 11.6 Å².